The average molecular weight is 1780 g/mol. The number of allylic oxidation sites excluding steroid dienone is 4. The van der Waals surface area contributed by atoms with Gasteiger partial charge in [0.25, 0.3) is 0 Å². The second kappa shape index (κ2) is 47.2. The van der Waals surface area contributed by atoms with Crippen LogP contribution in [0.3, 0.4) is 0 Å². The number of aryl methyl sites for hydroxylation is 8. The van der Waals surface area contributed by atoms with Gasteiger partial charge in [-0.05, 0) is 149 Å². The Kier molecular flexibility index (Phi) is 39.2. The molecule has 0 aliphatic rings. The number of hydrogen-bond acceptors (Lipinski definition) is 23. The molecule has 4 aromatic carbocycles. The Labute approximate surface area is 748 Å². The van der Waals surface area contributed by atoms with Gasteiger partial charge in [0.1, 0.15) is 69.3 Å². The molecule has 8 rings (SSSR count). The Bertz CT molecular complexity index is 5140. The second-order valence-corrected chi connectivity index (χ2v) is 33.6. The number of carbonyl (C=O) groups is 4. The third-order valence-electron chi connectivity index (χ3n) is 18.6. The molecular weight excluding hydrogens is 1670 g/mol. The summed E-state index contributed by atoms with van der Waals surface area (Å²) in [5.74, 6) is 0.421. The van der Waals surface area contributed by atoms with Crippen molar-refractivity contribution in [3.63, 3.8) is 0 Å². The lowest BCUT2D eigenvalue weighted by Gasteiger charge is -2.19. The predicted molar refractivity (Wildman–Crippen MR) is 480 cm³/mol. The van der Waals surface area contributed by atoms with Crippen LogP contribution in [-0.2, 0) is 105 Å². The van der Waals surface area contributed by atoms with Crippen LogP contribution in [0, 0.1) is 73.0 Å². The van der Waals surface area contributed by atoms with Crippen LogP contribution in [0.25, 0.3) is 45.3 Å². The molecule has 0 saturated carbocycles. The molecule has 0 N–H and O–H groups in total. The zero-order valence-corrected chi connectivity index (χ0v) is 78.6. The molecule has 0 fully saturated rings. The molecular formula is C93H114Cl4N12O15. The first-order chi connectivity index (χ1) is 58.4. The van der Waals surface area contributed by atoms with Gasteiger partial charge in [-0.15, -0.1) is 0 Å². The highest BCUT2D eigenvalue weighted by atomic mass is 35.5. The smallest absolute Gasteiger partial charge is 0.454 e. The molecule has 0 radical (unpaired) electrons. The monoisotopic (exact) mass is 1780 g/mol. The number of carbonyl (C=O) groups excluding carboxylic acids is 4. The number of aromatic nitrogens is 8. The molecule has 0 aliphatic carbocycles. The third kappa shape index (κ3) is 28.2. The van der Waals surface area contributed by atoms with Gasteiger partial charge in [0, 0.05) is 32.6 Å². The standard InChI is InChI=1S/C24H30ClN3O4.C24H30ClN3O3.C23H28ClN3O4.C22H26ClN3O4/c1-8-28-21(20(25)16(4)27-28)22(30-14-31-23(29)32-15(2)3)19(13-26)17-9-11-18(12-10-17)24(5,6)7;1-7-9-20(29)30-15-31-23(22-21(25)16(3)27-28(22)8-2)19(14-26)17-10-12-18(13-11-17)24(4,5)6;1-7-27-20(19(24)15(3)26-27)21(30-14-31-22(28)29-8-2)18(13-25)16-9-11-17(12-10-16)23(4,5)6;1-7-26-19(18(23)14(2)25-26)20(29-13-30-21(27)28-6)17(12-24)15-8-10-16(11-9-15)22(3,4)5/h9-12,15H,8,14H2,1-7H3;10-13H,7-9,15H2,1-6H3;9-12H,7-8,14H2,1-6H3;8-11H,7,13H2,1-6H3/b22-19-;23-19-;21-18-;20-17-. The quantitative estimate of drug-likeness (QED) is 0.0144. The summed E-state index contributed by atoms with van der Waals surface area (Å²) in [5.41, 5.74) is 12.4. The maximum Gasteiger partial charge on any atom is 0.511 e. The van der Waals surface area contributed by atoms with E-state index < -0.39 is 38.8 Å². The van der Waals surface area contributed by atoms with Crippen LogP contribution in [0.5, 0.6) is 0 Å². The third-order valence-corrected chi connectivity index (χ3v) is 20.4. The van der Waals surface area contributed by atoms with E-state index in [9.17, 15) is 40.2 Å². The molecule has 27 nitrogen and oxygen atoms in total. The molecule has 0 atom stereocenters. The highest BCUT2D eigenvalue weighted by Crippen LogP contribution is 2.40. The SMILES string of the molecule is CCCC(=O)OCO/C(=C(/C#N)c1ccc(C(C)(C)C)cc1)c1c(Cl)c(C)nn1CC.CCOC(=O)OCO/C(=C(/C#N)c1ccc(C(C)(C)C)cc1)c1c(Cl)c(C)nn1CC.CCn1nc(C)c(Cl)c1/C(OCOC(=O)OC(C)C)=C(\C#N)c1ccc(C(C)(C)C)cc1.CCn1nc(C)c(Cl)c1/C(OCOC(=O)OC)=C(\C#N)c1ccc(C(C)(C)C)cc1. The molecule has 0 amide bonds. The predicted octanol–water partition coefficient (Wildman–Crippen LogP) is 23.0. The summed E-state index contributed by atoms with van der Waals surface area (Å²) in [6.07, 6.45) is -1.96. The molecule has 664 valence electrons. The van der Waals surface area contributed by atoms with Crippen LogP contribution in [0.2, 0.25) is 20.1 Å². The molecule has 0 bridgehead atoms. The minimum absolute atomic E-state index is 0.0108. The fraction of sp³-hybridized carbons (Fsp3) is 0.441. The summed E-state index contributed by atoms with van der Waals surface area (Å²) in [6, 6.07) is 39.7. The molecule has 0 saturated heterocycles. The van der Waals surface area contributed by atoms with E-state index in [-0.39, 0.29) is 86.9 Å². The van der Waals surface area contributed by atoms with E-state index in [4.69, 9.17) is 93.8 Å². The van der Waals surface area contributed by atoms with Crippen molar-refractivity contribution in [3.8, 4) is 24.3 Å². The molecule has 124 heavy (non-hydrogen) atoms. The molecule has 8 aromatic rings. The van der Waals surface area contributed by atoms with Crippen molar-refractivity contribution in [3.05, 3.63) is 207 Å². The van der Waals surface area contributed by atoms with Gasteiger partial charge in [-0.3, -0.25) is 23.5 Å². The van der Waals surface area contributed by atoms with Crippen molar-refractivity contribution < 1.29 is 71.3 Å². The number of nitrogens with zero attached hydrogens (tertiary/aromatic N) is 12. The molecule has 0 unspecified atom stereocenters. The van der Waals surface area contributed by atoms with Crippen molar-refractivity contribution in [2.45, 2.75) is 233 Å². The van der Waals surface area contributed by atoms with E-state index in [1.165, 1.54) is 7.11 Å². The van der Waals surface area contributed by atoms with E-state index in [1.54, 1.807) is 67.2 Å². The number of benzene rings is 4. The first-order valence-electron chi connectivity index (χ1n) is 40.3. The van der Waals surface area contributed by atoms with E-state index in [0.29, 0.717) is 132 Å². The number of methoxy groups -OCH3 is 1. The molecule has 4 heterocycles. The highest BCUT2D eigenvalue weighted by molar-refractivity contribution is 6.34. The summed E-state index contributed by atoms with van der Waals surface area (Å²) in [5, 5.41) is 59.2. The van der Waals surface area contributed by atoms with Crippen LogP contribution >= 0.6 is 46.4 Å². The maximum absolute atomic E-state index is 11.8. The Hall–Kier alpha value is -11.7. The molecule has 0 aliphatic heterocycles. The number of rotatable bonds is 28. The normalized spacial score (nSPS) is 12.1. The minimum Gasteiger partial charge on any atom is -0.454 e. The number of ether oxygens (including phenoxy) is 11. The van der Waals surface area contributed by atoms with Gasteiger partial charge in [-0.25, -0.2) is 14.4 Å². The van der Waals surface area contributed by atoms with Crippen LogP contribution in [0.1, 0.15) is 241 Å². The lowest BCUT2D eigenvalue weighted by molar-refractivity contribution is -0.151. The number of hydrogen-bond donors (Lipinski definition) is 0. The summed E-state index contributed by atoms with van der Waals surface area (Å²) >= 11 is 26.1. The van der Waals surface area contributed by atoms with Crippen molar-refractivity contribution in [2.75, 3.05) is 40.9 Å². The van der Waals surface area contributed by atoms with Gasteiger partial charge in [0.15, 0.2) is 23.0 Å². The molecule has 4 aromatic heterocycles. The first-order valence-corrected chi connectivity index (χ1v) is 41.9. The van der Waals surface area contributed by atoms with Crippen LogP contribution in [-0.4, -0.2) is 111 Å². The maximum atomic E-state index is 11.8. The first kappa shape index (κ1) is 103. The van der Waals surface area contributed by atoms with Crippen molar-refractivity contribution >= 4 is 116 Å². The lowest BCUT2D eigenvalue weighted by Crippen LogP contribution is -2.15. The minimum atomic E-state index is -0.895. The summed E-state index contributed by atoms with van der Waals surface area (Å²) in [7, 11) is 1.20. The van der Waals surface area contributed by atoms with Crippen LogP contribution in [0.4, 0.5) is 14.4 Å². The lowest BCUT2D eigenvalue weighted by atomic mass is 9.86. The Morgan fingerprint density at radius 1 is 0.363 bits per heavy atom. The van der Waals surface area contributed by atoms with E-state index in [0.717, 1.165) is 22.3 Å². The van der Waals surface area contributed by atoms with Gasteiger partial charge in [-0.2, -0.15) is 41.4 Å². The fourth-order valence-corrected chi connectivity index (χ4v) is 12.8. The second-order valence-electron chi connectivity index (χ2n) is 32.1. The zero-order chi connectivity index (χ0) is 92.9. The Balaban J connectivity index is 0.000000294. The van der Waals surface area contributed by atoms with Crippen LogP contribution in [0.15, 0.2) is 97.1 Å². The highest BCUT2D eigenvalue weighted by Gasteiger charge is 2.31. The topological polar surface area (TPSA) is 336 Å². The number of esters is 1. The van der Waals surface area contributed by atoms with Crippen molar-refractivity contribution in [1.82, 2.24) is 39.1 Å². The van der Waals surface area contributed by atoms with Gasteiger partial charge in [0.2, 0.25) is 27.2 Å². The average Bonchev–Trinajstić information content (AvgIpc) is 1.59. The Morgan fingerprint density at radius 3 is 0.798 bits per heavy atom. The molecule has 0 spiro atoms. The van der Waals surface area contributed by atoms with Gasteiger partial charge >= 0.3 is 24.4 Å². The van der Waals surface area contributed by atoms with E-state index in [2.05, 4.69) is 132 Å². The number of halogens is 4. The summed E-state index contributed by atoms with van der Waals surface area (Å²) in [4.78, 5) is 46.4. The number of nitriles is 4. The van der Waals surface area contributed by atoms with E-state index in [1.807, 2.05) is 132 Å². The van der Waals surface area contributed by atoms with Crippen molar-refractivity contribution in [1.29, 1.82) is 21.0 Å². The molecule has 31 heteroatoms. The van der Waals surface area contributed by atoms with Gasteiger partial charge in [-0.1, -0.05) is 233 Å². The zero-order valence-electron chi connectivity index (χ0n) is 75.6. The van der Waals surface area contributed by atoms with Gasteiger partial charge < -0.3 is 52.1 Å². The van der Waals surface area contributed by atoms with E-state index >= 15 is 0 Å². The summed E-state index contributed by atoms with van der Waals surface area (Å²) < 4.78 is 64.0. The largest absolute Gasteiger partial charge is 0.511 e. The summed E-state index contributed by atoms with van der Waals surface area (Å²) in [6.45, 7) is 47.8. The van der Waals surface area contributed by atoms with Gasteiger partial charge in [0.05, 0.1) is 62.7 Å². The van der Waals surface area contributed by atoms with Crippen molar-refractivity contribution in [2.24, 2.45) is 0 Å². The van der Waals surface area contributed by atoms with Crippen LogP contribution < -0.4 is 0 Å². The Morgan fingerprint density at radius 2 is 0.597 bits per heavy atom. The fourth-order valence-electron chi connectivity index (χ4n) is 11.9.